The predicted molar refractivity (Wildman–Crippen MR) is 69.5 cm³/mol. The summed E-state index contributed by atoms with van der Waals surface area (Å²) in [5, 5.41) is 0. The molecule has 0 radical (unpaired) electrons. The molecule has 0 amide bonds. The summed E-state index contributed by atoms with van der Waals surface area (Å²) in [6.07, 6.45) is 13.8. The van der Waals surface area contributed by atoms with Gasteiger partial charge in [-0.25, -0.2) is 0 Å². The van der Waals surface area contributed by atoms with Gasteiger partial charge in [-0.3, -0.25) is 0 Å². The first-order valence-electron chi connectivity index (χ1n) is 7.25. The molecular weight excluding hydrogens is 196 g/mol. The van der Waals surface area contributed by atoms with E-state index in [9.17, 15) is 0 Å². The maximum atomic E-state index is 6.10. The molecule has 2 atom stereocenters. The third-order valence-corrected chi connectivity index (χ3v) is 4.66. The minimum absolute atomic E-state index is 0.465. The zero-order valence-electron chi connectivity index (χ0n) is 10.8. The van der Waals surface area contributed by atoms with E-state index in [1.165, 1.54) is 64.2 Å². The van der Waals surface area contributed by atoms with Gasteiger partial charge in [0.15, 0.2) is 0 Å². The Morgan fingerprint density at radius 2 is 1.44 bits per heavy atom. The fourth-order valence-electron chi connectivity index (χ4n) is 3.53. The molecule has 0 aromatic carbocycles. The molecule has 0 spiro atoms. The Balaban J connectivity index is 1.86. The average Bonchev–Trinajstić information content (AvgIpc) is 2.56. The van der Waals surface area contributed by atoms with Crippen LogP contribution in [-0.4, -0.2) is 30.1 Å². The van der Waals surface area contributed by atoms with Crippen LogP contribution in [0.3, 0.4) is 0 Å². The van der Waals surface area contributed by atoms with E-state index in [1.807, 2.05) is 0 Å². The quantitative estimate of drug-likeness (QED) is 0.731. The zero-order chi connectivity index (χ0) is 11.4. The van der Waals surface area contributed by atoms with Crippen molar-refractivity contribution in [1.29, 1.82) is 0 Å². The van der Waals surface area contributed by atoms with E-state index in [0.29, 0.717) is 6.04 Å². The Morgan fingerprint density at radius 1 is 0.812 bits per heavy atom. The number of hydrogen-bond donors (Lipinski definition) is 1. The second-order valence-electron chi connectivity index (χ2n) is 5.89. The third-order valence-electron chi connectivity index (χ3n) is 4.66. The molecule has 2 saturated carbocycles. The van der Waals surface area contributed by atoms with E-state index >= 15 is 0 Å². The summed E-state index contributed by atoms with van der Waals surface area (Å²) in [4.78, 5) is 2.67. The zero-order valence-corrected chi connectivity index (χ0v) is 10.8. The Bertz CT molecular complexity index is 195. The van der Waals surface area contributed by atoms with Crippen molar-refractivity contribution in [3.63, 3.8) is 0 Å². The minimum atomic E-state index is 0.465. The number of hydrogen-bond acceptors (Lipinski definition) is 2. The van der Waals surface area contributed by atoms with Crippen LogP contribution in [0.4, 0.5) is 0 Å². The van der Waals surface area contributed by atoms with Gasteiger partial charge in [0.1, 0.15) is 0 Å². The molecule has 2 N–H and O–H groups in total. The van der Waals surface area contributed by atoms with Crippen molar-refractivity contribution in [1.82, 2.24) is 4.90 Å². The van der Waals surface area contributed by atoms with Gasteiger partial charge in [-0.05, 0) is 39.2 Å². The summed E-state index contributed by atoms with van der Waals surface area (Å²) in [6, 6.07) is 2.08. The lowest BCUT2D eigenvalue weighted by molar-refractivity contribution is 0.119. The molecule has 0 aromatic rings. The molecule has 2 heteroatoms. The smallest absolute Gasteiger partial charge is 0.0110 e. The fraction of sp³-hybridized carbons (Fsp3) is 1.00. The fourth-order valence-corrected chi connectivity index (χ4v) is 3.53. The van der Waals surface area contributed by atoms with Crippen LogP contribution in [0, 0.1) is 0 Å². The highest BCUT2D eigenvalue weighted by molar-refractivity contribution is 4.84. The molecule has 2 fully saturated rings. The Hall–Kier alpha value is -0.0800. The van der Waals surface area contributed by atoms with Gasteiger partial charge in [-0.15, -0.1) is 0 Å². The highest BCUT2D eigenvalue weighted by Crippen LogP contribution is 2.27. The molecule has 0 saturated heterocycles. The Labute approximate surface area is 101 Å². The molecule has 2 aliphatic carbocycles. The van der Waals surface area contributed by atoms with E-state index in [0.717, 1.165) is 12.1 Å². The van der Waals surface area contributed by atoms with Crippen LogP contribution in [0.1, 0.15) is 64.2 Å². The maximum Gasteiger partial charge on any atom is 0.0110 e. The Kier molecular flexibility index (Phi) is 4.66. The largest absolute Gasteiger partial charge is 0.328 e. The highest BCUT2D eigenvalue weighted by atomic mass is 15.2. The molecule has 0 heterocycles. The topological polar surface area (TPSA) is 29.3 Å². The minimum Gasteiger partial charge on any atom is -0.328 e. The molecule has 2 unspecified atom stereocenters. The highest BCUT2D eigenvalue weighted by Gasteiger charge is 2.27. The van der Waals surface area contributed by atoms with Gasteiger partial charge < -0.3 is 10.6 Å². The average molecular weight is 224 g/mol. The lowest BCUT2D eigenvalue weighted by Gasteiger charge is -2.38. The predicted octanol–water partition coefficient (Wildman–Crippen LogP) is 2.91. The van der Waals surface area contributed by atoms with Crippen LogP contribution >= 0.6 is 0 Å². The lowest BCUT2D eigenvalue weighted by Crippen LogP contribution is -2.45. The van der Waals surface area contributed by atoms with Gasteiger partial charge in [0, 0.05) is 18.1 Å². The molecule has 2 rings (SSSR count). The van der Waals surface area contributed by atoms with Crippen LogP contribution < -0.4 is 5.73 Å². The van der Waals surface area contributed by atoms with Crippen molar-refractivity contribution < 1.29 is 0 Å². The summed E-state index contributed by atoms with van der Waals surface area (Å²) < 4.78 is 0. The van der Waals surface area contributed by atoms with Gasteiger partial charge in [-0.1, -0.05) is 32.1 Å². The van der Waals surface area contributed by atoms with Gasteiger partial charge in [-0.2, -0.15) is 0 Å². The van der Waals surface area contributed by atoms with Crippen molar-refractivity contribution in [3.05, 3.63) is 0 Å². The molecular formula is C14H28N2. The second-order valence-corrected chi connectivity index (χ2v) is 5.89. The van der Waals surface area contributed by atoms with Gasteiger partial charge >= 0.3 is 0 Å². The van der Waals surface area contributed by atoms with Crippen molar-refractivity contribution in [2.24, 2.45) is 5.73 Å². The first-order valence-corrected chi connectivity index (χ1v) is 7.25. The summed E-state index contributed by atoms with van der Waals surface area (Å²) in [7, 11) is 2.35. The third kappa shape index (κ3) is 3.21. The van der Waals surface area contributed by atoms with Gasteiger partial charge in [0.2, 0.25) is 0 Å². The second kappa shape index (κ2) is 6.02. The van der Waals surface area contributed by atoms with E-state index in [-0.39, 0.29) is 0 Å². The summed E-state index contributed by atoms with van der Waals surface area (Å²) in [6.45, 7) is 0. The van der Waals surface area contributed by atoms with Crippen LogP contribution in [0.2, 0.25) is 0 Å². The summed E-state index contributed by atoms with van der Waals surface area (Å²) in [5.74, 6) is 0. The van der Waals surface area contributed by atoms with Crippen molar-refractivity contribution in [3.8, 4) is 0 Å². The molecule has 0 aliphatic heterocycles. The summed E-state index contributed by atoms with van der Waals surface area (Å²) >= 11 is 0. The van der Waals surface area contributed by atoms with E-state index < -0.39 is 0 Å². The van der Waals surface area contributed by atoms with Crippen molar-refractivity contribution >= 4 is 0 Å². The van der Waals surface area contributed by atoms with Crippen LogP contribution in [0.15, 0.2) is 0 Å². The van der Waals surface area contributed by atoms with E-state index in [4.69, 9.17) is 5.73 Å². The lowest BCUT2D eigenvalue weighted by atomic mass is 9.89. The van der Waals surface area contributed by atoms with Gasteiger partial charge in [0.25, 0.3) is 0 Å². The number of rotatable bonds is 2. The Morgan fingerprint density at radius 3 is 2.06 bits per heavy atom. The SMILES string of the molecule is CN(C1CCCCCC1)C1CCCC(N)C1. The van der Waals surface area contributed by atoms with Crippen molar-refractivity contribution in [2.75, 3.05) is 7.05 Å². The first-order chi connectivity index (χ1) is 7.77. The first kappa shape index (κ1) is 12.4. The molecule has 0 aromatic heterocycles. The number of nitrogens with two attached hydrogens (primary N) is 1. The molecule has 2 nitrogen and oxygen atoms in total. The maximum absolute atomic E-state index is 6.10. The molecule has 2 aliphatic rings. The van der Waals surface area contributed by atoms with Crippen LogP contribution in [0.25, 0.3) is 0 Å². The molecule has 16 heavy (non-hydrogen) atoms. The molecule has 0 bridgehead atoms. The van der Waals surface area contributed by atoms with Gasteiger partial charge in [0.05, 0.1) is 0 Å². The van der Waals surface area contributed by atoms with E-state index in [1.54, 1.807) is 0 Å². The summed E-state index contributed by atoms with van der Waals surface area (Å²) in [5.41, 5.74) is 6.10. The molecule has 94 valence electrons. The standard InChI is InChI=1S/C14H28N2/c1-16(13-8-4-2-3-5-9-13)14-10-6-7-12(15)11-14/h12-14H,2-11,15H2,1H3. The normalized spacial score (nSPS) is 33.9. The number of nitrogens with zero attached hydrogens (tertiary/aromatic N) is 1. The van der Waals surface area contributed by atoms with E-state index in [2.05, 4.69) is 11.9 Å². The van der Waals surface area contributed by atoms with Crippen LogP contribution in [-0.2, 0) is 0 Å². The van der Waals surface area contributed by atoms with Crippen LogP contribution in [0.5, 0.6) is 0 Å². The monoisotopic (exact) mass is 224 g/mol. The van der Waals surface area contributed by atoms with Crippen molar-refractivity contribution in [2.45, 2.75) is 82.3 Å².